The number of carbonyl (C=O) groups is 1. The molecule has 2 aromatic rings. The molecular formula is C10H11N3O3S. The Balaban J connectivity index is 1.97. The fraction of sp³-hybridized carbons (Fsp3) is 0.300. The maximum absolute atomic E-state index is 10.6. The molecular weight excluding hydrogens is 242 g/mol. The quantitative estimate of drug-likeness (QED) is 0.836. The monoisotopic (exact) mass is 253 g/mol. The zero-order valence-electron chi connectivity index (χ0n) is 9.08. The number of nitrogens with one attached hydrogen (secondary N) is 1. The van der Waals surface area contributed by atoms with Gasteiger partial charge < -0.3 is 9.63 Å². The van der Waals surface area contributed by atoms with Crippen LogP contribution in [0.3, 0.4) is 0 Å². The van der Waals surface area contributed by atoms with Crippen molar-refractivity contribution >= 4 is 17.3 Å². The van der Waals surface area contributed by atoms with Crippen LogP contribution in [-0.4, -0.2) is 27.3 Å². The number of carboxylic acid groups (broad SMARTS) is 1. The van der Waals surface area contributed by atoms with Crippen LogP contribution >= 0.6 is 11.3 Å². The molecule has 1 atom stereocenters. The van der Waals surface area contributed by atoms with Crippen molar-refractivity contribution < 1.29 is 14.4 Å². The van der Waals surface area contributed by atoms with Crippen molar-refractivity contribution in [2.24, 2.45) is 0 Å². The highest BCUT2D eigenvalue weighted by atomic mass is 32.1. The number of rotatable bonds is 5. The Labute approximate surface area is 101 Å². The zero-order valence-corrected chi connectivity index (χ0v) is 9.90. The van der Waals surface area contributed by atoms with Gasteiger partial charge in [0.2, 0.25) is 0 Å². The fourth-order valence-corrected chi connectivity index (χ4v) is 1.79. The minimum absolute atomic E-state index is 0.265. The first-order valence-electron chi connectivity index (χ1n) is 4.98. The summed E-state index contributed by atoms with van der Waals surface area (Å²) in [4.78, 5) is 14.7. The molecule has 2 heterocycles. The Morgan fingerprint density at radius 2 is 2.53 bits per heavy atom. The van der Waals surface area contributed by atoms with E-state index in [1.54, 1.807) is 18.3 Å². The van der Waals surface area contributed by atoms with Crippen molar-refractivity contribution in [3.8, 4) is 11.5 Å². The first kappa shape index (κ1) is 11.7. The molecule has 0 amide bonds. The molecule has 6 nitrogen and oxygen atoms in total. The highest BCUT2D eigenvalue weighted by molar-refractivity contribution is 7.08. The number of aliphatic carboxylic acids is 1. The second kappa shape index (κ2) is 5.07. The molecule has 17 heavy (non-hydrogen) atoms. The van der Waals surface area contributed by atoms with E-state index >= 15 is 0 Å². The average Bonchev–Trinajstić information content (AvgIpc) is 2.95. The minimum Gasteiger partial charge on any atom is -0.480 e. The Morgan fingerprint density at radius 1 is 1.71 bits per heavy atom. The lowest BCUT2D eigenvalue weighted by Crippen LogP contribution is -2.33. The summed E-state index contributed by atoms with van der Waals surface area (Å²) in [7, 11) is 0. The van der Waals surface area contributed by atoms with Gasteiger partial charge in [-0.15, -0.1) is 0 Å². The van der Waals surface area contributed by atoms with Gasteiger partial charge in [0, 0.05) is 5.38 Å². The molecule has 0 fully saturated rings. The molecule has 0 radical (unpaired) electrons. The molecule has 0 aromatic carbocycles. The Bertz CT molecular complexity index is 495. The summed E-state index contributed by atoms with van der Waals surface area (Å²) in [6, 6.07) is 1.24. The van der Waals surface area contributed by atoms with Gasteiger partial charge in [0.05, 0.1) is 12.1 Å². The summed E-state index contributed by atoms with van der Waals surface area (Å²) in [5.74, 6) is -0.0168. The van der Waals surface area contributed by atoms with Crippen molar-refractivity contribution in [2.75, 3.05) is 0 Å². The molecule has 2 N–H and O–H groups in total. The van der Waals surface area contributed by atoms with E-state index in [4.69, 9.17) is 9.63 Å². The van der Waals surface area contributed by atoms with E-state index in [9.17, 15) is 4.79 Å². The number of carboxylic acids is 1. The van der Waals surface area contributed by atoms with Crippen LogP contribution in [0, 0.1) is 0 Å². The fourth-order valence-electron chi connectivity index (χ4n) is 1.16. The van der Waals surface area contributed by atoms with Gasteiger partial charge in [-0.05, 0) is 18.4 Å². The van der Waals surface area contributed by atoms with Crippen LogP contribution in [0.1, 0.15) is 12.7 Å². The highest BCUT2D eigenvalue weighted by Crippen LogP contribution is 2.19. The van der Waals surface area contributed by atoms with Crippen molar-refractivity contribution in [2.45, 2.75) is 19.5 Å². The Morgan fingerprint density at radius 3 is 3.18 bits per heavy atom. The third-order valence-electron chi connectivity index (χ3n) is 2.17. The van der Waals surface area contributed by atoms with Crippen molar-refractivity contribution in [1.82, 2.24) is 15.5 Å². The topological polar surface area (TPSA) is 88.3 Å². The first-order valence-corrected chi connectivity index (χ1v) is 5.92. The Kier molecular flexibility index (Phi) is 3.50. The van der Waals surface area contributed by atoms with Crippen molar-refractivity contribution in [3.63, 3.8) is 0 Å². The summed E-state index contributed by atoms with van der Waals surface area (Å²) < 4.78 is 5.06. The molecule has 2 rings (SSSR count). The maximum atomic E-state index is 10.6. The number of aromatic nitrogens is 2. The molecule has 0 saturated heterocycles. The van der Waals surface area contributed by atoms with Crippen LogP contribution in [0.25, 0.3) is 11.5 Å². The second-order valence-electron chi connectivity index (χ2n) is 3.47. The molecule has 0 spiro atoms. The minimum atomic E-state index is -0.911. The third-order valence-corrected chi connectivity index (χ3v) is 2.86. The smallest absolute Gasteiger partial charge is 0.320 e. The Hall–Kier alpha value is -1.73. The van der Waals surface area contributed by atoms with Gasteiger partial charge in [0.15, 0.2) is 5.82 Å². The maximum Gasteiger partial charge on any atom is 0.320 e. The summed E-state index contributed by atoms with van der Waals surface area (Å²) in [5, 5.41) is 19.1. The molecule has 0 unspecified atom stereocenters. The predicted octanol–water partition coefficient (Wildman–Crippen LogP) is 1.36. The van der Waals surface area contributed by atoms with Crippen LogP contribution in [0.2, 0.25) is 0 Å². The molecule has 90 valence electrons. The molecule has 0 bridgehead atoms. The van der Waals surface area contributed by atoms with Gasteiger partial charge in [-0.1, -0.05) is 5.16 Å². The highest BCUT2D eigenvalue weighted by Gasteiger charge is 2.13. The normalized spacial score (nSPS) is 12.5. The van der Waals surface area contributed by atoms with Crippen LogP contribution in [0.4, 0.5) is 0 Å². The van der Waals surface area contributed by atoms with Gasteiger partial charge in [-0.2, -0.15) is 16.3 Å². The molecule has 2 aromatic heterocycles. The molecule has 0 aliphatic carbocycles. The molecule has 0 saturated carbocycles. The van der Waals surface area contributed by atoms with Crippen LogP contribution in [0.15, 0.2) is 21.3 Å². The zero-order chi connectivity index (χ0) is 12.3. The largest absolute Gasteiger partial charge is 0.480 e. The second-order valence-corrected chi connectivity index (χ2v) is 4.25. The lowest BCUT2D eigenvalue weighted by atomic mass is 10.3. The molecule has 0 aliphatic rings. The van der Waals surface area contributed by atoms with E-state index in [2.05, 4.69) is 15.5 Å². The van der Waals surface area contributed by atoms with Crippen LogP contribution < -0.4 is 5.32 Å². The molecule has 7 heteroatoms. The third kappa shape index (κ3) is 2.89. The van der Waals surface area contributed by atoms with E-state index in [1.165, 1.54) is 0 Å². The van der Waals surface area contributed by atoms with Gasteiger partial charge >= 0.3 is 5.97 Å². The van der Waals surface area contributed by atoms with Gasteiger partial charge in [0.1, 0.15) is 6.04 Å². The average molecular weight is 253 g/mol. The van der Waals surface area contributed by atoms with Crippen molar-refractivity contribution in [3.05, 3.63) is 22.7 Å². The number of nitrogens with zero attached hydrogens (tertiary/aromatic N) is 2. The van der Waals surface area contributed by atoms with E-state index in [1.807, 2.05) is 16.8 Å². The van der Waals surface area contributed by atoms with Gasteiger partial charge in [-0.3, -0.25) is 10.1 Å². The van der Waals surface area contributed by atoms with E-state index in [0.717, 1.165) is 5.56 Å². The number of thiophene rings is 1. The van der Waals surface area contributed by atoms with Gasteiger partial charge in [-0.25, -0.2) is 0 Å². The van der Waals surface area contributed by atoms with Crippen molar-refractivity contribution in [1.29, 1.82) is 0 Å². The molecule has 0 aliphatic heterocycles. The van der Waals surface area contributed by atoms with E-state index in [-0.39, 0.29) is 6.54 Å². The standard InChI is InChI=1S/C10H11N3O3S/c1-6(10(14)15)11-4-8-12-9(16-13-8)7-2-3-17-5-7/h2-3,5-6,11H,4H2,1H3,(H,14,15)/t6-/m0/s1. The lowest BCUT2D eigenvalue weighted by Gasteiger charge is -2.05. The summed E-state index contributed by atoms with van der Waals surface area (Å²) in [6.45, 7) is 1.82. The van der Waals surface area contributed by atoms with E-state index < -0.39 is 12.0 Å². The summed E-state index contributed by atoms with van der Waals surface area (Å²) in [6.07, 6.45) is 0. The number of hydrogen-bond acceptors (Lipinski definition) is 6. The van der Waals surface area contributed by atoms with Crippen LogP contribution in [0.5, 0.6) is 0 Å². The summed E-state index contributed by atoms with van der Waals surface area (Å²) in [5.41, 5.74) is 0.875. The van der Waals surface area contributed by atoms with E-state index in [0.29, 0.717) is 11.7 Å². The predicted molar refractivity (Wildman–Crippen MR) is 61.5 cm³/mol. The van der Waals surface area contributed by atoms with Crippen LogP contribution in [-0.2, 0) is 11.3 Å². The lowest BCUT2D eigenvalue weighted by molar-refractivity contribution is -0.139. The SMILES string of the molecule is C[C@H](NCc1noc(-c2ccsc2)n1)C(=O)O. The van der Waals surface area contributed by atoms with Gasteiger partial charge in [0.25, 0.3) is 5.89 Å². The number of hydrogen-bond donors (Lipinski definition) is 2. The summed E-state index contributed by atoms with van der Waals surface area (Å²) >= 11 is 1.54. The first-order chi connectivity index (χ1) is 8.16.